The van der Waals surface area contributed by atoms with Gasteiger partial charge in [0.1, 0.15) is 0 Å². The summed E-state index contributed by atoms with van der Waals surface area (Å²) in [6.07, 6.45) is 13.0. The van der Waals surface area contributed by atoms with Crippen LogP contribution < -0.4 is 5.32 Å². The van der Waals surface area contributed by atoms with Crippen LogP contribution in [0.5, 0.6) is 0 Å². The van der Waals surface area contributed by atoms with Crippen molar-refractivity contribution in [2.45, 2.75) is 88.8 Å². The highest BCUT2D eigenvalue weighted by atomic mass is 16.5. The van der Waals surface area contributed by atoms with Gasteiger partial charge < -0.3 is 14.8 Å². The Morgan fingerprint density at radius 2 is 1.81 bits per heavy atom. The molecule has 3 aliphatic rings. The first-order valence-corrected chi connectivity index (χ1v) is 9.29. The molecule has 0 aromatic rings. The molecule has 1 N–H and O–H groups in total. The molecule has 1 saturated carbocycles. The summed E-state index contributed by atoms with van der Waals surface area (Å²) in [6, 6.07) is 1.38. The number of ether oxygens (including phenoxy) is 2. The fourth-order valence-corrected chi connectivity index (χ4v) is 4.69. The Kier molecular flexibility index (Phi) is 5.58. The molecule has 0 aromatic heterocycles. The van der Waals surface area contributed by atoms with Crippen molar-refractivity contribution >= 4 is 0 Å². The monoisotopic (exact) mass is 295 g/mol. The Morgan fingerprint density at radius 1 is 1.05 bits per heavy atom. The van der Waals surface area contributed by atoms with Crippen molar-refractivity contribution in [3.63, 3.8) is 0 Å². The molecule has 3 nitrogen and oxygen atoms in total. The molecule has 21 heavy (non-hydrogen) atoms. The van der Waals surface area contributed by atoms with E-state index in [-0.39, 0.29) is 5.60 Å². The summed E-state index contributed by atoms with van der Waals surface area (Å²) in [4.78, 5) is 0. The van der Waals surface area contributed by atoms with Gasteiger partial charge in [-0.05, 0) is 50.9 Å². The largest absolute Gasteiger partial charge is 0.381 e. The van der Waals surface area contributed by atoms with Crippen LogP contribution in [0.1, 0.15) is 71.1 Å². The average Bonchev–Trinajstić information content (AvgIpc) is 2.54. The Hall–Kier alpha value is -0.120. The van der Waals surface area contributed by atoms with Gasteiger partial charge in [-0.3, -0.25) is 0 Å². The summed E-state index contributed by atoms with van der Waals surface area (Å²) in [5.74, 6) is 0.914. The van der Waals surface area contributed by atoms with E-state index in [2.05, 4.69) is 12.2 Å². The van der Waals surface area contributed by atoms with Gasteiger partial charge in [0.2, 0.25) is 0 Å². The van der Waals surface area contributed by atoms with E-state index in [1.54, 1.807) is 0 Å². The smallest absolute Gasteiger partial charge is 0.0741 e. The van der Waals surface area contributed by atoms with Crippen molar-refractivity contribution in [2.24, 2.45) is 5.92 Å². The van der Waals surface area contributed by atoms with Gasteiger partial charge in [0.05, 0.1) is 5.60 Å². The highest BCUT2D eigenvalue weighted by molar-refractivity contribution is 4.93. The predicted octanol–water partition coefficient (Wildman–Crippen LogP) is 3.66. The van der Waals surface area contributed by atoms with Crippen LogP contribution in [0, 0.1) is 5.92 Å². The standard InChI is InChI=1S/C18H33NO2/c1-2-17(15-6-4-3-5-7-15)19-16-8-11-21-18(14-16)9-12-20-13-10-18/h15-17,19H,2-14H2,1H3. The second kappa shape index (κ2) is 7.43. The van der Waals surface area contributed by atoms with Crippen molar-refractivity contribution in [1.82, 2.24) is 5.32 Å². The van der Waals surface area contributed by atoms with Gasteiger partial charge in [0.25, 0.3) is 0 Å². The zero-order chi connectivity index (χ0) is 14.5. The number of hydrogen-bond acceptors (Lipinski definition) is 3. The van der Waals surface area contributed by atoms with Crippen LogP contribution in [0.4, 0.5) is 0 Å². The third kappa shape index (κ3) is 4.00. The van der Waals surface area contributed by atoms with Crippen LogP contribution in [-0.2, 0) is 9.47 Å². The molecule has 1 aliphatic carbocycles. The van der Waals surface area contributed by atoms with Crippen molar-refractivity contribution < 1.29 is 9.47 Å². The van der Waals surface area contributed by atoms with Gasteiger partial charge in [-0.25, -0.2) is 0 Å². The molecule has 0 amide bonds. The van der Waals surface area contributed by atoms with E-state index in [4.69, 9.17) is 9.47 Å². The number of nitrogens with one attached hydrogen (secondary N) is 1. The van der Waals surface area contributed by atoms with Crippen LogP contribution in [0.15, 0.2) is 0 Å². The minimum Gasteiger partial charge on any atom is -0.381 e. The molecule has 122 valence electrons. The maximum Gasteiger partial charge on any atom is 0.0741 e. The summed E-state index contributed by atoms with van der Waals surface area (Å²) in [6.45, 7) is 5.05. The summed E-state index contributed by atoms with van der Waals surface area (Å²) in [7, 11) is 0. The van der Waals surface area contributed by atoms with Crippen LogP contribution in [0.25, 0.3) is 0 Å². The van der Waals surface area contributed by atoms with Gasteiger partial charge >= 0.3 is 0 Å². The van der Waals surface area contributed by atoms with E-state index in [9.17, 15) is 0 Å². The van der Waals surface area contributed by atoms with Crippen LogP contribution in [0.3, 0.4) is 0 Å². The van der Waals surface area contributed by atoms with E-state index in [1.165, 1.54) is 51.4 Å². The molecular weight excluding hydrogens is 262 g/mol. The van der Waals surface area contributed by atoms with Crippen molar-refractivity contribution in [1.29, 1.82) is 0 Å². The lowest BCUT2D eigenvalue weighted by atomic mass is 9.80. The predicted molar refractivity (Wildman–Crippen MR) is 85.5 cm³/mol. The second-order valence-corrected chi connectivity index (χ2v) is 7.41. The molecule has 0 radical (unpaired) electrons. The lowest BCUT2D eigenvalue weighted by Gasteiger charge is -2.45. The van der Waals surface area contributed by atoms with Crippen LogP contribution in [0.2, 0.25) is 0 Å². The zero-order valence-electron chi connectivity index (χ0n) is 13.7. The minimum atomic E-state index is 0.124. The van der Waals surface area contributed by atoms with Gasteiger partial charge in [-0.15, -0.1) is 0 Å². The summed E-state index contributed by atoms with van der Waals surface area (Å²) < 4.78 is 11.7. The first-order valence-electron chi connectivity index (χ1n) is 9.29. The Bertz CT molecular complexity index is 303. The molecule has 2 atom stereocenters. The lowest BCUT2D eigenvalue weighted by molar-refractivity contribution is -0.141. The van der Waals surface area contributed by atoms with E-state index in [1.807, 2.05) is 0 Å². The van der Waals surface area contributed by atoms with Crippen LogP contribution in [-0.4, -0.2) is 37.5 Å². The summed E-state index contributed by atoms with van der Waals surface area (Å²) in [5, 5.41) is 4.03. The lowest BCUT2D eigenvalue weighted by Crippen LogP contribution is -2.53. The molecule has 2 saturated heterocycles. The Balaban J connectivity index is 1.55. The maximum atomic E-state index is 6.18. The first-order chi connectivity index (χ1) is 10.3. The Labute approximate surface area is 130 Å². The number of rotatable bonds is 4. The van der Waals surface area contributed by atoms with Gasteiger partial charge in [-0.2, -0.15) is 0 Å². The minimum absolute atomic E-state index is 0.124. The fourth-order valence-electron chi connectivity index (χ4n) is 4.69. The molecule has 0 bridgehead atoms. The second-order valence-electron chi connectivity index (χ2n) is 7.41. The summed E-state index contributed by atoms with van der Waals surface area (Å²) in [5.41, 5.74) is 0.124. The summed E-state index contributed by atoms with van der Waals surface area (Å²) >= 11 is 0. The van der Waals surface area contributed by atoms with Crippen molar-refractivity contribution in [3.05, 3.63) is 0 Å². The van der Waals surface area contributed by atoms with E-state index in [0.29, 0.717) is 6.04 Å². The molecule has 3 heteroatoms. The molecule has 2 unspecified atom stereocenters. The fraction of sp³-hybridized carbons (Fsp3) is 1.00. The van der Waals surface area contributed by atoms with Gasteiger partial charge in [0, 0.05) is 31.9 Å². The molecule has 0 aromatic carbocycles. The molecular formula is C18H33NO2. The van der Waals surface area contributed by atoms with Crippen molar-refractivity contribution in [3.8, 4) is 0 Å². The van der Waals surface area contributed by atoms with Gasteiger partial charge in [0.15, 0.2) is 0 Å². The first kappa shape index (κ1) is 15.8. The molecule has 1 spiro atoms. The normalized spacial score (nSPS) is 32.1. The highest BCUT2D eigenvalue weighted by Crippen LogP contribution is 2.35. The van der Waals surface area contributed by atoms with Crippen molar-refractivity contribution in [2.75, 3.05) is 19.8 Å². The zero-order valence-corrected chi connectivity index (χ0v) is 13.7. The van der Waals surface area contributed by atoms with Gasteiger partial charge in [-0.1, -0.05) is 26.2 Å². The maximum absolute atomic E-state index is 6.18. The van der Waals surface area contributed by atoms with E-state index in [0.717, 1.165) is 44.6 Å². The van der Waals surface area contributed by atoms with E-state index >= 15 is 0 Å². The SMILES string of the molecule is CCC(NC1CCOC2(CCOCC2)C1)C1CCCCC1. The van der Waals surface area contributed by atoms with E-state index < -0.39 is 0 Å². The quantitative estimate of drug-likeness (QED) is 0.858. The molecule has 2 aliphatic heterocycles. The molecule has 3 fully saturated rings. The third-order valence-electron chi connectivity index (χ3n) is 6.01. The molecule has 2 heterocycles. The third-order valence-corrected chi connectivity index (χ3v) is 6.01. The average molecular weight is 295 g/mol. The highest BCUT2D eigenvalue weighted by Gasteiger charge is 2.39. The molecule has 3 rings (SSSR count). The Morgan fingerprint density at radius 3 is 2.52 bits per heavy atom. The van der Waals surface area contributed by atoms with Crippen LogP contribution >= 0.6 is 0 Å². The number of hydrogen-bond donors (Lipinski definition) is 1. The topological polar surface area (TPSA) is 30.5 Å².